The second kappa shape index (κ2) is 5.20. The van der Waals surface area contributed by atoms with Crippen molar-refractivity contribution in [3.63, 3.8) is 0 Å². The second-order valence-electron chi connectivity index (χ2n) is 5.09. The first kappa shape index (κ1) is 13.4. The molecule has 7 heteroatoms. The van der Waals surface area contributed by atoms with Gasteiger partial charge in [-0.3, -0.25) is 9.89 Å². The number of aromatic amines is 1. The number of aromatic nitrogens is 2. The van der Waals surface area contributed by atoms with Gasteiger partial charge in [0.25, 0.3) is 0 Å². The highest BCUT2D eigenvalue weighted by Gasteiger charge is 2.29. The maximum Gasteiger partial charge on any atom is 0.237 e. The van der Waals surface area contributed by atoms with Gasteiger partial charge in [0, 0.05) is 18.0 Å². The summed E-state index contributed by atoms with van der Waals surface area (Å²) in [7, 11) is 0. The van der Waals surface area contributed by atoms with E-state index in [2.05, 4.69) is 20.5 Å². The summed E-state index contributed by atoms with van der Waals surface area (Å²) >= 11 is 0. The Hall–Kier alpha value is -3.22. The fourth-order valence-electron chi connectivity index (χ4n) is 2.49. The molecule has 0 fully saturated rings. The molecule has 1 atom stereocenters. The molecule has 0 aliphatic carbocycles. The number of carbonyl (C=O) groups excluding carboxylic acids is 1. The van der Waals surface area contributed by atoms with E-state index in [1.165, 1.54) is 18.3 Å². The number of H-pyrrole nitrogens is 1. The smallest absolute Gasteiger partial charge is 0.237 e. The van der Waals surface area contributed by atoms with E-state index in [0.29, 0.717) is 28.5 Å². The number of hydrogen-bond donors (Lipinski definition) is 2. The van der Waals surface area contributed by atoms with E-state index in [0.717, 1.165) is 0 Å². The third-order valence-corrected chi connectivity index (χ3v) is 3.60. The lowest BCUT2D eigenvalue weighted by Crippen LogP contribution is -2.12. The number of furan rings is 1. The van der Waals surface area contributed by atoms with Crippen LogP contribution in [0.1, 0.15) is 11.5 Å². The van der Waals surface area contributed by atoms with E-state index in [1.807, 2.05) is 0 Å². The molecule has 1 aliphatic rings. The average Bonchev–Trinajstić information content (AvgIpc) is 3.24. The quantitative estimate of drug-likeness (QED) is 0.728. The van der Waals surface area contributed by atoms with E-state index in [1.54, 1.807) is 30.5 Å². The highest BCUT2D eigenvalue weighted by atomic mass is 19.1. The van der Waals surface area contributed by atoms with Crippen LogP contribution < -0.4 is 5.32 Å². The summed E-state index contributed by atoms with van der Waals surface area (Å²) in [5, 5.41) is 9.51. The van der Waals surface area contributed by atoms with Gasteiger partial charge in [0.1, 0.15) is 17.4 Å². The van der Waals surface area contributed by atoms with Crippen molar-refractivity contribution in [2.24, 2.45) is 4.99 Å². The van der Waals surface area contributed by atoms with Crippen LogP contribution in [0.25, 0.3) is 11.5 Å². The number of fused-ring (bicyclic) bond motifs is 1. The van der Waals surface area contributed by atoms with Crippen LogP contribution in [0, 0.1) is 5.82 Å². The molecule has 1 unspecified atom stereocenters. The predicted octanol–water partition coefficient (Wildman–Crippen LogP) is 3.25. The zero-order chi connectivity index (χ0) is 15.8. The van der Waals surface area contributed by atoms with Crippen LogP contribution in [0.2, 0.25) is 0 Å². The zero-order valence-electron chi connectivity index (χ0n) is 11.8. The second-order valence-corrected chi connectivity index (χ2v) is 5.09. The number of nitrogens with one attached hydrogen (secondary N) is 2. The van der Waals surface area contributed by atoms with Crippen LogP contribution in [-0.2, 0) is 4.79 Å². The number of aliphatic imine (C=N–C) groups is 1. The van der Waals surface area contributed by atoms with Crippen molar-refractivity contribution in [3.05, 3.63) is 54.0 Å². The molecule has 1 aromatic carbocycles. The summed E-state index contributed by atoms with van der Waals surface area (Å²) in [6, 6.07) is 9.49. The molecule has 0 radical (unpaired) electrons. The molecule has 0 bridgehead atoms. The van der Waals surface area contributed by atoms with Crippen molar-refractivity contribution in [2.75, 3.05) is 5.32 Å². The Kier molecular flexibility index (Phi) is 3.04. The molecule has 114 valence electrons. The Morgan fingerprint density at radius 3 is 3.04 bits per heavy atom. The van der Waals surface area contributed by atoms with Crippen molar-refractivity contribution in [1.29, 1.82) is 0 Å². The number of anilines is 1. The number of rotatable bonds is 3. The standard InChI is InChI=1S/C16H11FN4O2/c17-9-3-4-10-11(16(22)19-12(10)6-9)8-18-15-7-13(20-21-15)14-2-1-5-23-14/h1-8,11H,(H,19,22)(H,20,21). The van der Waals surface area contributed by atoms with E-state index < -0.39 is 11.7 Å². The molecule has 6 nitrogen and oxygen atoms in total. The van der Waals surface area contributed by atoms with Crippen molar-refractivity contribution in [2.45, 2.75) is 5.92 Å². The average molecular weight is 310 g/mol. The maximum absolute atomic E-state index is 13.2. The molecule has 0 spiro atoms. The first-order valence-corrected chi connectivity index (χ1v) is 6.94. The highest BCUT2D eigenvalue weighted by molar-refractivity contribution is 6.12. The van der Waals surface area contributed by atoms with Crippen molar-refractivity contribution in [1.82, 2.24) is 10.2 Å². The van der Waals surface area contributed by atoms with E-state index in [4.69, 9.17) is 4.42 Å². The van der Waals surface area contributed by atoms with Crippen LogP contribution in [0.3, 0.4) is 0 Å². The summed E-state index contributed by atoms with van der Waals surface area (Å²) in [4.78, 5) is 16.2. The molecule has 0 saturated heterocycles. The first-order chi connectivity index (χ1) is 11.2. The summed E-state index contributed by atoms with van der Waals surface area (Å²) in [5.41, 5.74) is 1.87. The van der Waals surface area contributed by atoms with E-state index >= 15 is 0 Å². The zero-order valence-corrected chi connectivity index (χ0v) is 11.8. The van der Waals surface area contributed by atoms with Crippen molar-refractivity contribution < 1.29 is 13.6 Å². The topological polar surface area (TPSA) is 83.3 Å². The fourth-order valence-corrected chi connectivity index (χ4v) is 2.49. The molecule has 1 amide bonds. The van der Waals surface area contributed by atoms with Gasteiger partial charge >= 0.3 is 0 Å². The van der Waals surface area contributed by atoms with Gasteiger partial charge in [0.15, 0.2) is 11.6 Å². The minimum absolute atomic E-state index is 0.240. The third kappa shape index (κ3) is 2.42. The Balaban J connectivity index is 1.59. The number of hydrogen-bond acceptors (Lipinski definition) is 4. The molecule has 4 rings (SSSR count). The van der Waals surface area contributed by atoms with Gasteiger partial charge < -0.3 is 9.73 Å². The SMILES string of the molecule is O=C1Nc2cc(F)ccc2C1C=Nc1cc(-c2ccco2)[nH]n1. The molecule has 2 aromatic heterocycles. The Morgan fingerprint density at radius 1 is 1.30 bits per heavy atom. The maximum atomic E-state index is 13.2. The Bertz CT molecular complexity index is 899. The minimum Gasteiger partial charge on any atom is -0.463 e. The lowest BCUT2D eigenvalue weighted by molar-refractivity contribution is -0.115. The molecule has 0 saturated carbocycles. The van der Waals surface area contributed by atoms with Gasteiger partial charge in [-0.15, -0.1) is 0 Å². The van der Waals surface area contributed by atoms with Crippen molar-refractivity contribution >= 4 is 23.6 Å². The lowest BCUT2D eigenvalue weighted by Gasteiger charge is -2.00. The van der Waals surface area contributed by atoms with Crippen LogP contribution in [0.4, 0.5) is 15.9 Å². The van der Waals surface area contributed by atoms with Crippen LogP contribution in [-0.4, -0.2) is 22.3 Å². The number of nitrogens with zero attached hydrogens (tertiary/aromatic N) is 2. The van der Waals surface area contributed by atoms with E-state index in [9.17, 15) is 9.18 Å². The molecule has 2 N–H and O–H groups in total. The van der Waals surface area contributed by atoms with Gasteiger partial charge in [0.2, 0.25) is 5.91 Å². The van der Waals surface area contributed by atoms with Gasteiger partial charge in [-0.1, -0.05) is 6.07 Å². The Morgan fingerprint density at radius 2 is 2.22 bits per heavy atom. The van der Waals surface area contributed by atoms with Gasteiger partial charge in [-0.2, -0.15) is 5.10 Å². The van der Waals surface area contributed by atoms with Crippen LogP contribution in [0.5, 0.6) is 0 Å². The molecule has 1 aliphatic heterocycles. The van der Waals surface area contributed by atoms with Crippen LogP contribution in [0.15, 0.2) is 52.1 Å². The van der Waals surface area contributed by atoms with E-state index in [-0.39, 0.29) is 5.91 Å². The first-order valence-electron chi connectivity index (χ1n) is 6.94. The third-order valence-electron chi connectivity index (χ3n) is 3.60. The molecule has 3 heterocycles. The largest absolute Gasteiger partial charge is 0.463 e. The summed E-state index contributed by atoms with van der Waals surface area (Å²) in [6.07, 6.45) is 3.07. The monoisotopic (exact) mass is 310 g/mol. The summed E-state index contributed by atoms with van der Waals surface area (Å²) < 4.78 is 18.5. The molecule has 3 aromatic rings. The number of amides is 1. The van der Waals surface area contributed by atoms with Gasteiger partial charge in [0.05, 0.1) is 6.26 Å². The van der Waals surface area contributed by atoms with Gasteiger partial charge in [-0.05, 0) is 29.8 Å². The number of carbonyl (C=O) groups is 1. The number of halogens is 1. The predicted molar refractivity (Wildman–Crippen MR) is 82.2 cm³/mol. The molecular weight excluding hydrogens is 299 g/mol. The minimum atomic E-state index is -0.561. The Labute approximate surface area is 130 Å². The lowest BCUT2D eigenvalue weighted by atomic mass is 10.0. The van der Waals surface area contributed by atoms with Gasteiger partial charge in [-0.25, -0.2) is 9.38 Å². The van der Waals surface area contributed by atoms with Crippen LogP contribution >= 0.6 is 0 Å². The molecule has 23 heavy (non-hydrogen) atoms. The summed E-state index contributed by atoms with van der Waals surface area (Å²) in [5.74, 6) is -0.110. The normalized spacial score (nSPS) is 16.7. The number of benzene rings is 1. The molecular formula is C16H11FN4O2. The summed E-state index contributed by atoms with van der Waals surface area (Å²) in [6.45, 7) is 0. The fraction of sp³-hybridized carbons (Fsp3) is 0.0625. The highest BCUT2D eigenvalue weighted by Crippen LogP contribution is 2.32. The van der Waals surface area contributed by atoms with Crippen molar-refractivity contribution in [3.8, 4) is 11.5 Å².